The molecule has 1 aromatic carbocycles. The number of nitro groups is 1. The monoisotopic (exact) mass is 287 g/mol. The Morgan fingerprint density at radius 1 is 1.50 bits per heavy atom. The van der Waals surface area contributed by atoms with Gasteiger partial charge in [0.05, 0.1) is 24.1 Å². The molecule has 110 valence electrons. The molecular formula is C12H14FNO6. The molecule has 20 heavy (non-hydrogen) atoms. The van der Waals surface area contributed by atoms with Crippen molar-refractivity contribution in [2.24, 2.45) is 0 Å². The zero-order chi connectivity index (χ0) is 15.3. The quantitative estimate of drug-likeness (QED) is 0.460. The lowest BCUT2D eigenvalue weighted by molar-refractivity contribution is -0.387. The fourth-order valence-electron chi connectivity index (χ4n) is 1.58. The summed E-state index contributed by atoms with van der Waals surface area (Å²) in [5.41, 5.74) is -0.875. The third-order valence-electron chi connectivity index (χ3n) is 2.55. The molecule has 0 aliphatic carbocycles. The molecule has 0 aromatic heterocycles. The van der Waals surface area contributed by atoms with E-state index in [1.165, 1.54) is 0 Å². The van der Waals surface area contributed by atoms with Crippen molar-refractivity contribution in [1.82, 2.24) is 0 Å². The topological polar surface area (TPSA) is 110 Å². The Morgan fingerprint density at radius 2 is 2.15 bits per heavy atom. The van der Waals surface area contributed by atoms with Crippen LogP contribution < -0.4 is 0 Å². The van der Waals surface area contributed by atoms with Gasteiger partial charge in [0.25, 0.3) is 0 Å². The van der Waals surface area contributed by atoms with Gasteiger partial charge in [-0.1, -0.05) is 6.07 Å². The van der Waals surface area contributed by atoms with Gasteiger partial charge in [-0.2, -0.15) is 4.39 Å². The molecule has 0 saturated heterocycles. The smallest absolute Gasteiger partial charge is 0.308 e. The van der Waals surface area contributed by atoms with Crippen LogP contribution in [0.25, 0.3) is 0 Å². The van der Waals surface area contributed by atoms with E-state index in [4.69, 9.17) is 0 Å². The van der Waals surface area contributed by atoms with Gasteiger partial charge in [-0.3, -0.25) is 14.9 Å². The molecule has 0 amide bonds. The molecule has 2 N–H and O–H groups in total. The summed E-state index contributed by atoms with van der Waals surface area (Å²) in [5.74, 6) is -1.76. The minimum Gasteiger partial charge on any atom is -0.466 e. The minimum absolute atomic E-state index is 0.0603. The maximum atomic E-state index is 13.1. The van der Waals surface area contributed by atoms with Gasteiger partial charge in [0.1, 0.15) is 6.10 Å². The summed E-state index contributed by atoms with van der Waals surface area (Å²) in [7, 11) is 0. The van der Waals surface area contributed by atoms with Crippen LogP contribution in [-0.4, -0.2) is 33.8 Å². The zero-order valence-corrected chi connectivity index (χ0v) is 10.7. The summed E-state index contributed by atoms with van der Waals surface area (Å²) in [6.45, 7) is 1.72. The highest BCUT2D eigenvalue weighted by Gasteiger charge is 2.25. The number of nitro benzene ring substituents is 1. The van der Waals surface area contributed by atoms with E-state index in [1.54, 1.807) is 6.92 Å². The molecule has 1 aromatic rings. The summed E-state index contributed by atoms with van der Waals surface area (Å²) >= 11 is 0. The van der Waals surface area contributed by atoms with Gasteiger partial charge in [0.2, 0.25) is 5.82 Å². The fraction of sp³-hybridized carbons (Fsp3) is 0.417. The summed E-state index contributed by atoms with van der Waals surface area (Å²) < 4.78 is 17.7. The molecule has 0 aliphatic heterocycles. The second-order valence-corrected chi connectivity index (χ2v) is 3.99. The van der Waals surface area contributed by atoms with Crippen molar-refractivity contribution in [3.8, 4) is 0 Å². The van der Waals surface area contributed by atoms with Crippen LogP contribution in [0.15, 0.2) is 18.2 Å². The van der Waals surface area contributed by atoms with Gasteiger partial charge in [0, 0.05) is 6.07 Å². The first-order valence-corrected chi connectivity index (χ1v) is 5.82. The minimum atomic E-state index is -1.56. The zero-order valence-electron chi connectivity index (χ0n) is 10.7. The lowest BCUT2D eigenvalue weighted by atomic mass is 10.0. The standard InChI is InChI=1S/C12H14FNO6/c1-2-20-11(16)6-10(15)12(17)7-3-4-8(13)9(5-7)14(18)19/h3-5,10,12,15,17H,2,6H2,1H3. The van der Waals surface area contributed by atoms with Crippen molar-refractivity contribution in [3.05, 3.63) is 39.7 Å². The predicted octanol–water partition coefficient (Wildman–Crippen LogP) is 1.08. The molecule has 0 radical (unpaired) electrons. The summed E-state index contributed by atoms with van der Waals surface area (Å²) in [5, 5.41) is 30.0. The lowest BCUT2D eigenvalue weighted by Gasteiger charge is -2.17. The molecule has 2 unspecified atom stereocenters. The molecule has 1 rings (SSSR count). The Labute approximate surface area is 113 Å². The van der Waals surface area contributed by atoms with Crippen molar-refractivity contribution in [3.63, 3.8) is 0 Å². The van der Waals surface area contributed by atoms with Crippen molar-refractivity contribution >= 4 is 11.7 Å². The first kappa shape index (κ1) is 16.0. The maximum Gasteiger partial charge on any atom is 0.308 e. The summed E-state index contributed by atoms with van der Waals surface area (Å²) in [4.78, 5) is 20.8. The number of carbonyl (C=O) groups is 1. The van der Waals surface area contributed by atoms with Crippen LogP contribution >= 0.6 is 0 Å². The van der Waals surface area contributed by atoms with E-state index in [2.05, 4.69) is 4.74 Å². The second kappa shape index (κ2) is 6.92. The Balaban J connectivity index is 2.86. The summed E-state index contributed by atoms with van der Waals surface area (Å²) in [6.07, 6.45) is -3.53. The van der Waals surface area contributed by atoms with E-state index in [-0.39, 0.29) is 12.2 Å². The number of ether oxygens (including phenoxy) is 1. The normalized spacial score (nSPS) is 13.6. The largest absolute Gasteiger partial charge is 0.466 e. The highest BCUT2D eigenvalue weighted by atomic mass is 19.1. The third kappa shape index (κ3) is 3.97. The molecule has 0 heterocycles. The van der Waals surface area contributed by atoms with E-state index in [0.29, 0.717) is 0 Å². The summed E-state index contributed by atoms with van der Waals surface area (Å²) in [6, 6.07) is 2.73. The van der Waals surface area contributed by atoms with Crippen LogP contribution in [0.5, 0.6) is 0 Å². The van der Waals surface area contributed by atoms with Crippen molar-refractivity contribution in [2.45, 2.75) is 25.6 Å². The first-order chi connectivity index (χ1) is 9.36. The Kier molecular flexibility index (Phi) is 5.53. The average Bonchev–Trinajstić information content (AvgIpc) is 2.38. The third-order valence-corrected chi connectivity index (χ3v) is 2.55. The Morgan fingerprint density at radius 3 is 2.70 bits per heavy atom. The number of hydrogen-bond donors (Lipinski definition) is 2. The van der Waals surface area contributed by atoms with Gasteiger partial charge >= 0.3 is 11.7 Å². The number of benzene rings is 1. The number of esters is 1. The van der Waals surface area contributed by atoms with Crippen molar-refractivity contribution in [1.29, 1.82) is 0 Å². The lowest BCUT2D eigenvalue weighted by Crippen LogP contribution is -2.23. The average molecular weight is 287 g/mol. The van der Waals surface area contributed by atoms with Crippen molar-refractivity contribution < 1.29 is 29.1 Å². The second-order valence-electron chi connectivity index (χ2n) is 3.99. The van der Waals surface area contributed by atoms with E-state index in [0.717, 1.165) is 18.2 Å². The molecule has 8 heteroatoms. The Hall–Kier alpha value is -2.06. The number of nitrogens with zero attached hydrogens (tertiary/aromatic N) is 1. The van der Waals surface area contributed by atoms with Crippen LogP contribution in [0.4, 0.5) is 10.1 Å². The van der Waals surface area contributed by atoms with Crippen molar-refractivity contribution in [2.75, 3.05) is 6.61 Å². The van der Waals surface area contributed by atoms with Gasteiger partial charge in [-0.05, 0) is 18.6 Å². The molecule has 0 aliphatic rings. The first-order valence-electron chi connectivity index (χ1n) is 5.82. The molecule has 0 bridgehead atoms. The molecule has 0 saturated carbocycles. The molecule has 0 spiro atoms. The number of aliphatic hydroxyl groups excluding tert-OH is 2. The van der Waals surface area contributed by atoms with Crippen LogP contribution in [0, 0.1) is 15.9 Å². The number of halogens is 1. The highest BCUT2D eigenvalue weighted by molar-refractivity contribution is 5.70. The number of hydrogen-bond acceptors (Lipinski definition) is 6. The van der Waals surface area contributed by atoms with E-state index in [1.807, 2.05) is 0 Å². The molecule has 0 fully saturated rings. The SMILES string of the molecule is CCOC(=O)CC(O)C(O)c1ccc(F)c([N+](=O)[O-])c1. The van der Waals surface area contributed by atoms with Crippen LogP contribution in [0.2, 0.25) is 0 Å². The highest BCUT2D eigenvalue weighted by Crippen LogP contribution is 2.25. The van der Waals surface area contributed by atoms with Gasteiger partial charge in [-0.15, -0.1) is 0 Å². The molecule has 7 nitrogen and oxygen atoms in total. The molecular weight excluding hydrogens is 273 g/mol. The number of aliphatic hydroxyl groups is 2. The van der Waals surface area contributed by atoms with E-state index >= 15 is 0 Å². The maximum absolute atomic E-state index is 13.1. The van der Waals surface area contributed by atoms with Crippen LogP contribution in [-0.2, 0) is 9.53 Å². The van der Waals surface area contributed by atoms with Gasteiger partial charge in [-0.25, -0.2) is 0 Å². The fourth-order valence-corrected chi connectivity index (χ4v) is 1.58. The Bertz CT molecular complexity index is 507. The number of rotatable bonds is 6. The van der Waals surface area contributed by atoms with Gasteiger partial charge in [0.15, 0.2) is 0 Å². The molecule has 2 atom stereocenters. The van der Waals surface area contributed by atoms with E-state index in [9.17, 15) is 29.5 Å². The van der Waals surface area contributed by atoms with Gasteiger partial charge < -0.3 is 14.9 Å². The van der Waals surface area contributed by atoms with Crippen LogP contribution in [0.3, 0.4) is 0 Å². The van der Waals surface area contributed by atoms with Crippen LogP contribution in [0.1, 0.15) is 25.0 Å². The number of carbonyl (C=O) groups excluding carboxylic acids is 1. The predicted molar refractivity (Wildman–Crippen MR) is 65.3 cm³/mol. The van der Waals surface area contributed by atoms with E-state index < -0.39 is 41.0 Å².